The maximum Gasteiger partial charge on any atom is 0.160 e. The molecule has 0 bridgehead atoms. The lowest BCUT2D eigenvalue weighted by molar-refractivity contribution is 1.18. The lowest BCUT2D eigenvalue weighted by Crippen LogP contribution is -1.96. The highest BCUT2D eigenvalue weighted by molar-refractivity contribution is 6.02. The van der Waals surface area contributed by atoms with E-state index in [4.69, 9.17) is 29.9 Å². The molecule has 0 unspecified atom stereocenters. The minimum Gasteiger partial charge on any atom is -0.256 e. The van der Waals surface area contributed by atoms with Gasteiger partial charge in [-0.15, -0.1) is 0 Å². The Hall–Kier alpha value is -19.0. The van der Waals surface area contributed by atoms with Gasteiger partial charge in [-0.3, -0.25) is 29.9 Å². The quantitative estimate of drug-likeness (QED) is 0.0959. The summed E-state index contributed by atoms with van der Waals surface area (Å²) >= 11 is 0. The molecule has 0 atom stereocenters. The summed E-state index contributed by atoms with van der Waals surface area (Å²) in [6.45, 7) is 0. The SMILES string of the molecule is c1ccc(-c2cc(-c3ccc(-c4ccnc5ccccc45)cc3)nc(-c3ccc(-c4ccnc5ccccc45)cc3)n2)cc1.c1ccc2c(-c3cc(-c4ccc(-c5ccnc6ccccc56)cc4)nc(-c4ccc(-c5ccnc6ccccc56)cc4)n3)cccc2c1.c1ccc2cc(-c3cc(-c4ccc(-c5ccnc6ccccc56)cc4)nc(-c4ccc(-c5ccnc6ccccc56)cc4)n3)ccc2c1. The summed E-state index contributed by atoms with van der Waals surface area (Å²) < 4.78 is 0. The molecule has 12 nitrogen and oxygen atoms in total. The van der Waals surface area contributed by atoms with Crippen LogP contribution in [-0.2, 0) is 0 Å². The smallest absolute Gasteiger partial charge is 0.160 e. The predicted molar refractivity (Wildman–Crippen MR) is 574 cm³/mol. The van der Waals surface area contributed by atoms with Crippen LogP contribution in [0.15, 0.2) is 498 Å². The first-order valence-electron chi connectivity index (χ1n) is 46.7. The Bertz CT molecular complexity index is 8690. The molecular weight excluding hydrogens is 1710 g/mol. The van der Waals surface area contributed by atoms with Gasteiger partial charge in [-0.2, -0.15) is 0 Å². The Labute approximate surface area is 808 Å². The first kappa shape index (κ1) is 84.0. The van der Waals surface area contributed by atoms with Crippen LogP contribution in [0, 0.1) is 0 Å². The summed E-state index contributed by atoms with van der Waals surface area (Å²) in [6, 6.07) is 160. The fraction of sp³-hybridized carbons (Fsp3) is 0. The van der Waals surface area contributed by atoms with Crippen molar-refractivity contribution in [2.24, 2.45) is 0 Å². The highest BCUT2D eigenvalue weighted by Crippen LogP contribution is 2.42. The van der Waals surface area contributed by atoms with Gasteiger partial charge in [-0.25, -0.2) is 29.9 Å². The molecule has 0 aliphatic heterocycles. The maximum atomic E-state index is 5.17. The molecule has 140 heavy (non-hydrogen) atoms. The van der Waals surface area contributed by atoms with Crippen LogP contribution in [0.25, 0.3) is 255 Å². The van der Waals surface area contributed by atoms with Gasteiger partial charge >= 0.3 is 0 Å². The van der Waals surface area contributed by atoms with E-state index in [0.717, 1.165) is 222 Å². The number of benzene rings is 17. The van der Waals surface area contributed by atoms with E-state index < -0.39 is 0 Å². The van der Waals surface area contributed by atoms with E-state index in [-0.39, 0.29) is 0 Å². The van der Waals surface area contributed by atoms with Crippen molar-refractivity contribution in [1.82, 2.24) is 59.8 Å². The molecular formula is C128H82N12. The molecule has 0 spiro atoms. The van der Waals surface area contributed by atoms with E-state index in [1.807, 2.05) is 116 Å². The number of hydrogen-bond acceptors (Lipinski definition) is 12. The molecule has 0 N–H and O–H groups in total. The van der Waals surface area contributed by atoms with Gasteiger partial charge in [0.1, 0.15) is 0 Å². The minimum atomic E-state index is 0.686. The third-order valence-electron chi connectivity index (χ3n) is 26.1. The highest BCUT2D eigenvalue weighted by Gasteiger charge is 2.21. The average Bonchev–Trinajstić information content (AvgIpc) is 0.787. The topological polar surface area (TPSA) is 155 Å². The molecule has 12 heteroatoms. The average molecular weight is 1790 g/mol. The van der Waals surface area contributed by atoms with Gasteiger partial charge in [-0.1, -0.05) is 364 Å². The Morgan fingerprint density at radius 2 is 0.336 bits per heavy atom. The van der Waals surface area contributed by atoms with Crippen molar-refractivity contribution in [2.75, 3.05) is 0 Å². The van der Waals surface area contributed by atoms with Crippen LogP contribution in [0.4, 0.5) is 0 Å². The summed E-state index contributed by atoms with van der Waals surface area (Å²) in [5.41, 5.74) is 34.1. The van der Waals surface area contributed by atoms with Gasteiger partial charge in [0.25, 0.3) is 0 Å². The monoisotopic (exact) mass is 1790 g/mol. The van der Waals surface area contributed by atoms with Crippen molar-refractivity contribution in [3.05, 3.63) is 498 Å². The van der Waals surface area contributed by atoms with Gasteiger partial charge in [0, 0.05) is 120 Å². The fourth-order valence-corrected chi connectivity index (χ4v) is 19.0. The number of rotatable bonds is 15. The van der Waals surface area contributed by atoms with Crippen LogP contribution in [-0.4, -0.2) is 59.8 Å². The Morgan fingerprint density at radius 1 is 0.114 bits per heavy atom. The molecule has 0 aliphatic rings. The second-order valence-corrected chi connectivity index (χ2v) is 34.6. The Morgan fingerprint density at radius 3 is 0.657 bits per heavy atom. The zero-order valence-electron chi connectivity index (χ0n) is 75.7. The van der Waals surface area contributed by atoms with Gasteiger partial charge in [0.2, 0.25) is 0 Å². The predicted octanol–water partition coefficient (Wildman–Crippen LogP) is 32.0. The van der Waals surface area contributed by atoms with E-state index >= 15 is 0 Å². The number of para-hydroxylation sites is 6. The molecule has 0 aliphatic carbocycles. The highest BCUT2D eigenvalue weighted by atomic mass is 14.9. The molecule has 17 aromatic carbocycles. The lowest BCUT2D eigenvalue weighted by atomic mass is 9.98. The van der Waals surface area contributed by atoms with E-state index in [0.29, 0.717) is 17.5 Å². The van der Waals surface area contributed by atoms with Gasteiger partial charge in [0.05, 0.1) is 67.3 Å². The second kappa shape index (κ2) is 37.4. The molecule has 9 heterocycles. The molecule has 0 saturated heterocycles. The maximum absolute atomic E-state index is 5.17. The molecule has 0 fully saturated rings. The molecule has 654 valence electrons. The lowest BCUT2D eigenvalue weighted by Gasteiger charge is -2.12. The molecule has 0 radical (unpaired) electrons. The summed E-state index contributed by atoms with van der Waals surface area (Å²) in [4.78, 5) is 57.9. The second-order valence-electron chi connectivity index (χ2n) is 34.6. The van der Waals surface area contributed by atoms with Crippen LogP contribution < -0.4 is 0 Å². The third kappa shape index (κ3) is 17.0. The van der Waals surface area contributed by atoms with Gasteiger partial charge in [0.15, 0.2) is 17.5 Å². The van der Waals surface area contributed by atoms with Crippen molar-refractivity contribution in [3.63, 3.8) is 0 Å². The summed E-state index contributed by atoms with van der Waals surface area (Å²) in [5, 5.41) is 11.5. The molecule has 9 aromatic heterocycles. The summed E-state index contributed by atoms with van der Waals surface area (Å²) in [6.07, 6.45) is 11.2. The van der Waals surface area contributed by atoms with E-state index in [2.05, 4.69) is 412 Å². The Kier molecular flexibility index (Phi) is 22.5. The standard InChI is InChI=1S/2C44H28N4.C40H26N4/c1-2-10-34-29(8-1)9-7-13-39(34)43-28-42(32-20-16-30(17-21-32)35-24-26-45-40-14-5-3-11-37(35)40)47-44(48-43)33-22-18-31(19-23-33)36-25-27-46-41-15-6-4-12-38(36)41;1-2-8-34-27-35(22-13-29(34)7-1)43-28-42(32-18-14-30(15-19-32)36-23-25-45-40-11-5-3-9-38(36)40)47-44(48-43)33-20-16-31(17-21-33)37-24-26-46-41-12-6-4-10-39(37)41;1-2-8-29(9-3-1)38-26-39(30-18-14-27(15-19-30)32-22-24-41-36-12-6-4-10-34(32)36)44-40(43-38)31-20-16-28(17-21-31)33-23-25-42-37-13-7-5-11-35(33)37/h2*1-28H;1-26H. The van der Waals surface area contributed by atoms with Crippen molar-refractivity contribution >= 4 is 87.0 Å². The van der Waals surface area contributed by atoms with Crippen LogP contribution in [0.1, 0.15) is 0 Å². The number of aromatic nitrogens is 12. The fourth-order valence-electron chi connectivity index (χ4n) is 19.0. The van der Waals surface area contributed by atoms with E-state index in [1.54, 1.807) is 0 Å². The number of pyridine rings is 6. The van der Waals surface area contributed by atoms with Crippen molar-refractivity contribution in [1.29, 1.82) is 0 Å². The van der Waals surface area contributed by atoms with Crippen molar-refractivity contribution in [2.45, 2.75) is 0 Å². The first-order chi connectivity index (χ1) is 69.3. The first-order valence-corrected chi connectivity index (χ1v) is 46.7. The van der Waals surface area contributed by atoms with E-state index in [9.17, 15) is 0 Å². The van der Waals surface area contributed by atoms with Crippen LogP contribution in [0.2, 0.25) is 0 Å². The number of hydrogen-bond donors (Lipinski definition) is 0. The van der Waals surface area contributed by atoms with E-state index in [1.165, 1.54) is 16.2 Å². The van der Waals surface area contributed by atoms with Crippen LogP contribution in [0.5, 0.6) is 0 Å². The van der Waals surface area contributed by atoms with Gasteiger partial charge < -0.3 is 0 Å². The molecule has 0 amide bonds. The zero-order chi connectivity index (χ0) is 93.0. The van der Waals surface area contributed by atoms with Crippen molar-refractivity contribution < 1.29 is 0 Å². The Balaban J connectivity index is 0.000000114. The van der Waals surface area contributed by atoms with Crippen LogP contribution in [0.3, 0.4) is 0 Å². The normalized spacial score (nSPS) is 11.3. The third-order valence-corrected chi connectivity index (χ3v) is 26.1. The number of nitrogens with zero attached hydrogens (tertiary/aromatic N) is 12. The number of fused-ring (bicyclic) bond motifs is 8. The van der Waals surface area contributed by atoms with Crippen LogP contribution >= 0.6 is 0 Å². The zero-order valence-corrected chi connectivity index (χ0v) is 75.7. The molecule has 0 saturated carbocycles. The van der Waals surface area contributed by atoms with Gasteiger partial charge in [-0.05, 0) is 185 Å². The van der Waals surface area contributed by atoms with Crippen molar-refractivity contribution in [3.8, 4) is 168 Å². The molecule has 26 aromatic rings. The summed E-state index contributed by atoms with van der Waals surface area (Å²) in [7, 11) is 0. The molecule has 26 rings (SSSR count). The summed E-state index contributed by atoms with van der Waals surface area (Å²) in [5.74, 6) is 2.06. The minimum absolute atomic E-state index is 0.686. The largest absolute Gasteiger partial charge is 0.256 e.